The fourth-order valence-electron chi connectivity index (χ4n) is 0.0875. The van der Waals surface area contributed by atoms with Crippen molar-refractivity contribution in [1.82, 2.24) is 0 Å². The van der Waals surface area contributed by atoms with Gasteiger partial charge in [0.1, 0.15) is 0 Å². The second kappa shape index (κ2) is 4.58. The van der Waals surface area contributed by atoms with E-state index >= 15 is 0 Å². The molecule has 0 aromatic heterocycles. The van der Waals surface area contributed by atoms with Crippen LogP contribution in [0.4, 0.5) is 0 Å². The summed E-state index contributed by atoms with van der Waals surface area (Å²) in [5.74, 6) is 0. The second-order valence-electron chi connectivity index (χ2n) is 0.614. The summed E-state index contributed by atoms with van der Waals surface area (Å²) in [4.78, 5) is 3.96. The first-order chi connectivity index (χ1) is 3.41. The van der Waals surface area contributed by atoms with Crippen molar-refractivity contribution in [3.05, 3.63) is 21.8 Å². The van der Waals surface area contributed by atoms with E-state index in [0.717, 1.165) is 0 Å². The van der Waals surface area contributed by atoms with Crippen LogP contribution < -0.4 is 0 Å². The van der Waals surface area contributed by atoms with Gasteiger partial charge in [0.25, 0.3) is 0 Å². The molecule has 0 atom stereocenters. The number of hydrogen-bond acceptors (Lipinski definition) is 2. The van der Waals surface area contributed by atoms with Gasteiger partial charge >= 0.3 is 12.7 Å². The van der Waals surface area contributed by atoms with Crippen molar-refractivity contribution in [3.63, 3.8) is 0 Å². The summed E-state index contributed by atoms with van der Waals surface area (Å²) in [5, 5.41) is 13.8. The Morgan fingerprint density at radius 2 is 2.57 bits per heavy atom. The molecule has 0 bridgehead atoms. The smallest absolute Gasteiger partial charge is 0.349 e. The summed E-state index contributed by atoms with van der Waals surface area (Å²) in [5.41, 5.74) is 0. The van der Waals surface area contributed by atoms with Crippen molar-refractivity contribution in [3.8, 4) is 6.07 Å². The van der Waals surface area contributed by atoms with E-state index in [4.69, 9.17) is 11.8 Å². The zero-order valence-electron chi connectivity index (χ0n) is 3.42. The molecule has 0 fully saturated rings. The first-order valence-corrected chi connectivity index (χ1v) is 1.45. The molecule has 0 heterocycles. The highest BCUT2D eigenvalue weighted by molar-refractivity contribution is 4.86. The van der Waals surface area contributed by atoms with Crippen molar-refractivity contribution in [1.29, 1.82) is 0 Å². The highest BCUT2D eigenvalue weighted by Crippen LogP contribution is 1.69. The molecule has 0 saturated heterocycles. The summed E-state index contributed by atoms with van der Waals surface area (Å²) >= 11 is 0. The molecule has 4 heteroatoms. The third-order valence-corrected chi connectivity index (χ3v) is 0.258. The largest absolute Gasteiger partial charge is 0.498 e. The lowest BCUT2D eigenvalue weighted by Gasteiger charge is -1.65. The molecule has 4 nitrogen and oxygen atoms in total. The topological polar surface area (TPSA) is 41.0 Å². The van der Waals surface area contributed by atoms with E-state index in [2.05, 4.69) is 14.9 Å². The Kier molecular flexibility index (Phi) is 3.65. The molecule has 0 spiro atoms. The molecule has 0 aliphatic carbocycles. The van der Waals surface area contributed by atoms with Gasteiger partial charge in [-0.25, -0.2) is 0 Å². The third kappa shape index (κ3) is 4.58. The zero-order chi connectivity index (χ0) is 5.54. The molecule has 0 aliphatic heterocycles. The Morgan fingerprint density at radius 1 is 1.86 bits per heavy atom. The zero-order valence-corrected chi connectivity index (χ0v) is 3.42. The minimum absolute atomic E-state index is 0.146. The highest BCUT2D eigenvalue weighted by Gasteiger charge is 1.83. The van der Waals surface area contributed by atoms with Crippen LogP contribution in [0, 0.1) is 17.8 Å². The van der Waals surface area contributed by atoms with Gasteiger partial charge in [0.2, 0.25) is 0 Å². The van der Waals surface area contributed by atoms with Crippen LogP contribution in [0.15, 0.2) is 0 Å². The van der Waals surface area contributed by atoms with E-state index in [0.29, 0.717) is 0 Å². The van der Waals surface area contributed by atoms with Gasteiger partial charge in [-0.1, -0.05) is 0 Å². The number of nitrogens with zero attached hydrogens (tertiary/aromatic N) is 2. The van der Waals surface area contributed by atoms with Crippen LogP contribution in [0.3, 0.4) is 0 Å². The number of hydrogen-bond donors (Lipinski definition) is 0. The molecule has 36 valence electrons. The fourth-order valence-corrected chi connectivity index (χ4v) is 0.0875. The van der Waals surface area contributed by atoms with Crippen molar-refractivity contribution in [2.75, 3.05) is 6.61 Å². The summed E-state index contributed by atoms with van der Waals surface area (Å²) in [6.45, 7) is 5.85. The van der Waals surface area contributed by atoms with Crippen LogP contribution in [0.25, 0.3) is 10.0 Å². The van der Waals surface area contributed by atoms with Crippen LogP contribution in [-0.4, -0.2) is 6.61 Å². The fraction of sp³-hybridized carbons (Fsp3) is 0.333. The minimum Gasteiger partial charge on any atom is -0.498 e. The second-order valence-corrected chi connectivity index (χ2v) is 0.614. The predicted octanol–water partition coefficient (Wildman–Crippen LogP) is 0.668. The average Bonchev–Trinajstić information content (AvgIpc) is 1.69. The molecule has 0 aliphatic rings. The molecule has 0 aromatic carbocycles. The predicted molar refractivity (Wildman–Crippen MR) is 23.2 cm³/mol. The molecule has 0 N–H and O–H groups in total. The van der Waals surface area contributed by atoms with Gasteiger partial charge in [-0.3, -0.25) is 0 Å². The maximum absolute atomic E-state index is 9.14. The molecule has 0 rings (SSSR count). The SMILES string of the molecule is [C-]#[N+]OCC#[N+][O-]. The average molecular weight is 98.1 g/mol. The summed E-state index contributed by atoms with van der Waals surface area (Å²) in [7, 11) is 0. The van der Waals surface area contributed by atoms with Crippen LogP contribution in [-0.2, 0) is 4.84 Å². The van der Waals surface area contributed by atoms with Gasteiger partial charge in [0.15, 0.2) is 0 Å². The molecular weight excluding hydrogens is 96.0 g/mol. The minimum atomic E-state index is -0.146. The molecule has 0 saturated carbocycles. The van der Waals surface area contributed by atoms with E-state index < -0.39 is 0 Å². The van der Waals surface area contributed by atoms with Crippen molar-refractivity contribution < 1.29 is 4.84 Å². The Labute approximate surface area is 40.5 Å². The first-order valence-electron chi connectivity index (χ1n) is 1.45. The highest BCUT2D eigenvalue weighted by atomic mass is 16.6. The van der Waals surface area contributed by atoms with E-state index in [1.807, 2.05) is 6.07 Å². The van der Waals surface area contributed by atoms with Crippen LogP contribution >= 0.6 is 0 Å². The lowest BCUT2D eigenvalue weighted by molar-refractivity contribution is 0.288. The summed E-state index contributed by atoms with van der Waals surface area (Å²) < 4.78 is 0. The molecule has 7 heavy (non-hydrogen) atoms. The van der Waals surface area contributed by atoms with Crippen LogP contribution in [0.5, 0.6) is 0 Å². The van der Waals surface area contributed by atoms with Crippen molar-refractivity contribution in [2.24, 2.45) is 0 Å². The van der Waals surface area contributed by atoms with Gasteiger partial charge in [-0.2, -0.15) is 11.4 Å². The van der Waals surface area contributed by atoms with Gasteiger partial charge in [-0.05, 0) is 5.01 Å². The van der Waals surface area contributed by atoms with Crippen LogP contribution in [0.1, 0.15) is 0 Å². The number of rotatable bonds is 1. The quantitative estimate of drug-likeness (QED) is 0.274. The van der Waals surface area contributed by atoms with E-state index in [-0.39, 0.29) is 6.61 Å². The Balaban J connectivity index is 2.98. The van der Waals surface area contributed by atoms with Gasteiger partial charge in [-0.15, -0.1) is 0 Å². The molecule has 0 radical (unpaired) electrons. The maximum Gasteiger partial charge on any atom is 0.349 e. The molecule has 0 aromatic rings. The summed E-state index contributed by atoms with van der Waals surface area (Å²) in [6, 6.07) is 1.88. The van der Waals surface area contributed by atoms with Crippen LogP contribution in [0.2, 0.25) is 0 Å². The molecule has 0 amide bonds. The normalized spacial score (nSPS) is 5.00. The standard InChI is InChI=1S/C3H2N2O2/c1-4-7-3-2-5-6/h3H2. The third-order valence-electron chi connectivity index (χ3n) is 0.258. The molecule has 0 unspecified atom stereocenters. The Morgan fingerprint density at radius 3 is 3.00 bits per heavy atom. The van der Waals surface area contributed by atoms with Gasteiger partial charge in [0.05, 0.1) is 0 Å². The Hall–Kier alpha value is -1.42. The summed E-state index contributed by atoms with van der Waals surface area (Å²) in [6.07, 6.45) is 0. The van der Waals surface area contributed by atoms with E-state index in [1.54, 1.807) is 0 Å². The Bertz CT molecular complexity index is 126. The maximum atomic E-state index is 9.14. The van der Waals surface area contributed by atoms with Gasteiger partial charge in [0, 0.05) is 5.01 Å². The molecular formula is C3H2N2O2. The van der Waals surface area contributed by atoms with E-state index in [9.17, 15) is 0 Å². The lowest BCUT2D eigenvalue weighted by atomic mass is 10.8. The van der Waals surface area contributed by atoms with E-state index in [1.165, 1.54) is 0 Å². The van der Waals surface area contributed by atoms with Gasteiger partial charge < -0.3 is 5.21 Å². The first kappa shape index (κ1) is 5.58. The van der Waals surface area contributed by atoms with Crippen molar-refractivity contribution in [2.45, 2.75) is 0 Å². The monoisotopic (exact) mass is 98.0 g/mol. The lowest BCUT2D eigenvalue weighted by Crippen LogP contribution is -1.74. The van der Waals surface area contributed by atoms with Crippen molar-refractivity contribution >= 4 is 0 Å².